The molecule has 7 heteroatoms. The van der Waals surface area contributed by atoms with Crippen molar-refractivity contribution >= 4 is 26.5 Å². The molecule has 5 nitrogen and oxygen atoms in total. The summed E-state index contributed by atoms with van der Waals surface area (Å²) in [7, 11) is -3.45. The largest absolute Gasteiger partial charge is 0.375 e. The predicted octanol–water partition coefficient (Wildman–Crippen LogP) is 1.50. The van der Waals surface area contributed by atoms with E-state index in [0.717, 1.165) is 37.0 Å². The Morgan fingerprint density at radius 2 is 1.89 bits per heavy atom. The Morgan fingerprint density at radius 3 is 2.28 bits per heavy atom. The molecule has 2 fully saturated rings. The number of rotatable bonds is 5. The molecule has 1 aromatic heterocycles. The molecule has 100 valence electrons. The summed E-state index contributed by atoms with van der Waals surface area (Å²) in [6.07, 6.45) is 4.59. The molecular weight excluding hydrogens is 270 g/mol. The van der Waals surface area contributed by atoms with Gasteiger partial charge in [-0.2, -0.15) is 0 Å². The van der Waals surface area contributed by atoms with Gasteiger partial charge >= 0.3 is 0 Å². The van der Waals surface area contributed by atoms with E-state index in [1.165, 1.54) is 0 Å². The number of nitrogen functional groups attached to an aromatic ring is 1. The second kappa shape index (κ2) is 4.18. The Labute approximate surface area is 111 Å². The van der Waals surface area contributed by atoms with Gasteiger partial charge in [0.25, 0.3) is 10.0 Å². The first-order chi connectivity index (χ1) is 8.47. The van der Waals surface area contributed by atoms with Crippen LogP contribution in [0.5, 0.6) is 0 Å². The molecule has 2 saturated carbocycles. The third kappa shape index (κ3) is 2.39. The fourth-order valence-electron chi connectivity index (χ4n) is 2.37. The highest BCUT2D eigenvalue weighted by Crippen LogP contribution is 2.45. The molecule has 18 heavy (non-hydrogen) atoms. The van der Waals surface area contributed by atoms with E-state index in [1.54, 1.807) is 6.92 Å². The number of nitrogens with one attached hydrogen (secondary N) is 1. The van der Waals surface area contributed by atoms with Crippen molar-refractivity contribution in [1.29, 1.82) is 0 Å². The van der Waals surface area contributed by atoms with E-state index in [2.05, 4.69) is 9.71 Å². The molecule has 3 rings (SSSR count). The van der Waals surface area contributed by atoms with Gasteiger partial charge < -0.3 is 5.73 Å². The summed E-state index contributed by atoms with van der Waals surface area (Å²) >= 11 is 1.04. The van der Waals surface area contributed by atoms with Crippen molar-refractivity contribution in [2.45, 2.75) is 42.9 Å². The van der Waals surface area contributed by atoms with Gasteiger partial charge in [0.15, 0.2) is 9.34 Å². The highest BCUT2D eigenvalue weighted by atomic mass is 32.2. The smallest absolute Gasteiger partial charge is 0.252 e. The highest BCUT2D eigenvalue weighted by Gasteiger charge is 2.43. The van der Waals surface area contributed by atoms with Gasteiger partial charge in [-0.1, -0.05) is 11.3 Å². The standard InChI is InChI=1S/C11H17N3O2S2/c1-6-10(17-11(12)13-6)18(15,16)14-9(7-2-3-7)8-4-5-8/h7-9,14H,2-5H2,1H3,(H2,12,13). The second-order valence-corrected chi connectivity index (χ2v) is 8.19. The molecule has 0 amide bonds. The molecule has 1 aromatic rings. The van der Waals surface area contributed by atoms with Gasteiger partial charge in [0.1, 0.15) is 0 Å². The maximum atomic E-state index is 12.3. The van der Waals surface area contributed by atoms with Gasteiger partial charge in [-0.25, -0.2) is 18.1 Å². The molecule has 2 aliphatic carbocycles. The van der Waals surface area contributed by atoms with E-state index >= 15 is 0 Å². The SMILES string of the molecule is Cc1nc(N)sc1S(=O)(=O)NC(C1CC1)C1CC1. The third-order valence-corrected chi connectivity index (χ3v) is 6.62. The average Bonchev–Trinajstić information content (AvgIpc) is 3.14. The van der Waals surface area contributed by atoms with Crippen molar-refractivity contribution in [3.63, 3.8) is 0 Å². The number of nitrogens with two attached hydrogens (primary N) is 1. The quantitative estimate of drug-likeness (QED) is 0.859. The van der Waals surface area contributed by atoms with Crippen molar-refractivity contribution in [2.24, 2.45) is 11.8 Å². The minimum atomic E-state index is -3.45. The molecule has 0 bridgehead atoms. The summed E-state index contributed by atoms with van der Waals surface area (Å²) < 4.78 is 27.8. The number of hydrogen-bond donors (Lipinski definition) is 2. The monoisotopic (exact) mass is 287 g/mol. The highest BCUT2D eigenvalue weighted by molar-refractivity contribution is 7.91. The van der Waals surface area contributed by atoms with Crippen molar-refractivity contribution in [1.82, 2.24) is 9.71 Å². The lowest BCUT2D eigenvalue weighted by molar-refractivity contribution is 0.472. The maximum Gasteiger partial charge on any atom is 0.252 e. The zero-order chi connectivity index (χ0) is 12.9. The molecule has 2 aliphatic rings. The summed E-state index contributed by atoms with van der Waals surface area (Å²) in [5.74, 6) is 1.08. The van der Waals surface area contributed by atoms with Crippen LogP contribution in [0.2, 0.25) is 0 Å². The van der Waals surface area contributed by atoms with Crippen LogP contribution in [0.3, 0.4) is 0 Å². The van der Waals surface area contributed by atoms with Crippen molar-refractivity contribution in [3.8, 4) is 0 Å². The molecule has 1 heterocycles. The predicted molar refractivity (Wildman–Crippen MR) is 70.8 cm³/mol. The van der Waals surface area contributed by atoms with Gasteiger partial charge in [-0.05, 0) is 44.4 Å². The maximum absolute atomic E-state index is 12.3. The molecule has 0 atom stereocenters. The normalized spacial score (nSPS) is 20.6. The van der Waals surface area contributed by atoms with Gasteiger partial charge in [0.05, 0.1) is 5.69 Å². The summed E-state index contributed by atoms with van der Waals surface area (Å²) in [5.41, 5.74) is 6.06. The van der Waals surface area contributed by atoms with Gasteiger partial charge in [-0.15, -0.1) is 0 Å². The van der Waals surface area contributed by atoms with Crippen LogP contribution < -0.4 is 10.5 Å². The fourth-order valence-corrected chi connectivity index (χ4v) is 5.06. The number of anilines is 1. The topological polar surface area (TPSA) is 85.1 Å². The number of aromatic nitrogens is 1. The number of aryl methyl sites for hydroxylation is 1. The molecule has 0 unspecified atom stereocenters. The van der Waals surface area contributed by atoms with Crippen LogP contribution in [-0.2, 0) is 10.0 Å². The summed E-state index contributed by atoms with van der Waals surface area (Å²) in [6, 6.07) is 0.123. The molecular formula is C11H17N3O2S2. The molecule has 0 aliphatic heterocycles. The van der Waals surface area contributed by atoms with E-state index in [-0.39, 0.29) is 10.3 Å². The molecule has 0 spiro atoms. The zero-order valence-electron chi connectivity index (χ0n) is 10.2. The van der Waals surface area contributed by atoms with Crippen LogP contribution in [0.15, 0.2) is 4.21 Å². The van der Waals surface area contributed by atoms with Crippen molar-refractivity contribution in [2.75, 3.05) is 5.73 Å². The number of nitrogens with zero attached hydrogens (tertiary/aromatic N) is 1. The second-order valence-electron chi connectivity index (χ2n) is 5.25. The minimum absolute atomic E-state index is 0.123. The lowest BCUT2D eigenvalue weighted by Crippen LogP contribution is -2.37. The Balaban J connectivity index is 1.83. The number of hydrogen-bond acceptors (Lipinski definition) is 5. The van der Waals surface area contributed by atoms with Gasteiger partial charge in [0, 0.05) is 6.04 Å². The average molecular weight is 287 g/mol. The Hall–Kier alpha value is -0.660. The molecule has 0 saturated heterocycles. The zero-order valence-corrected chi connectivity index (χ0v) is 11.9. The minimum Gasteiger partial charge on any atom is -0.375 e. The van der Waals surface area contributed by atoms with E-state index < -0.39 is 10.0 Å². The van der Waals surface area contributed by atoms with Crippen LogP contribution in [0.1, 0.15) is 31.4 Å². The summed E-state index contributed by atoms with van der Waals surface area (Å²) in [5, 5.41) is 0.308. The first-order valence-corrected chi connectivity index (χ1v) is 8.52. The number of sulfonamides is 1. The first kappa shape index (κ1) is 12.4. The molecule has 0 radical (unpaired) electrons. The fraction of sp³-hybridized carbons (Fsp3) is 0.727. The Kier molecular flexibility index (Phi) is 2.87. The third-order valence-electron chi connectivity index (χ3n) is 3.57. The van der Waals surface area contributed by atoms with Crippen LogP contribution in [0, 0.1) is 18.8 Å². The van der Waals surface area contributed by atoms with Crippen molar-refractivity contribution < 1.29 is 8.42 Å². The van der Waals surface area contributed by atoms with Crippen molar-refractivity contribution in [3.05, 3.63) is 5.69 Å². The van der Waals surface area contributed by atoms with E-state index in [1.807, 2.05) is 0 Å². The van der Waals surface area contributed by atoms with E-state index in [9.17, 15) is 8.42 Å². The van der Waals surface area contributed by atoms with Crippen LogP contribution in [0.25, 0.3) is 0 Å². The molecule has 0 aromatic carbocycles. The van der Waals surface area contributed by atoms with E-state index in [4.69, 9.17) is 5.73 Å². The Bertz CT molecular complexity index is 547. The van der Waals surface area contributed by atoms with E-state index in [0.29, 0.717) is 22.7 Å². The summed E-state index contributed by atoms with van der Waals surface area (Å²) in [4.78, 5) is 3.98. The number of thiazole rings is 1. The lowest BCUT2D eigenvalue weighted by Gasteiger charge is -2.17. The van der Waals surface area contributed by atoms with Crippen LogP contribution in [0.4, 0.5) is 5.13 Å². The van der Waals surface area contributed by atoms with Gasteiger partial charge in [0.2, 0.25) is 0 Å². The molecule has 3 N–H and O–H groups in total. The summed E-state index contributed by atoms with van der Waals surface area (Å²) in [6.45, 7) is 1.69. The first-order valence-electron chi connectivity index (χ1n) is 6.22. The Morgan fingerprint density at radius 1 is 1.33 bits per heavy atom. The lowest BCUT2D eigenvalue weighted by atomic mass is 10.1. The van der Waals surface area contributed by atoms with Crippen LogP contribution >= 0.6 is 11.3 Å². The van der Waals surface area contributed by atoms with Gasteiger partial charge in [-0.3, -0.25) is 0 Å². The van der Waals surface area contributed by atoms with Crippen LogP contribution in [-0.4, -0.2) is 19.4 Å².